The van der Waals surface area contributed by atoms with Crippen LogP contribution in [0.1, 0.15) is 44.9 Å². The van der Waals surface area contributed by atoms with Gasteiger partial charge in [0, 0.05) is 19.1 Å². The third kappa shape index (κ3) is 6.01. The molecule has 1 aliphatic carbocycles. The molecule has 1 saturated heterocycles. The third-order valence-electron chi connectivity index (χ3n) is 4.59. The van der Waals surface area contributed by atoms with Crippen LogP contribution >= 0.6 is 12.4 Å². The molecule has 0 spiro atoms. The Morgan fingerprint density at radius 3 is 2.36 bits per heavy atom. The Hall–Kier alpha value is -1.01. The van der Waals surface area contributed by atoms with Crippen LogP contribution in [0.4, 0.5) is 4.79 Å². The molecule has 3 N–H and O–H groups in total. The molecule has 3 amide bonds. The van der Waals surface area contributed by atoms with Gasteiger partial charge in [-0.15, -0.1) is 12.4 Å². The van der Waals surface area contributed by atoms with Crippen LogP contribution in [0.3, 0.4) is 0 Å². The first-order chi connectivity index (χ1) is 10.2. The topological polar surface area (TPSA) is 73.5 Å². The Kier molecular flexibility index (Phi) is 8.56. The Morgan fingerprint density at radius 1 is 1.09 bits per heavy atom. The summed E-state index contributed by atoms with van der Waals surface area (Å²) < 4.78 is 0. The molecule has 128 valence electrons. The number of urea groups is 1. The van der Waals surface area contributed by atoms with E-state index in [1.165, 1.54) is 19.3 Å². The van der Waals surface area contributed by atoms with Gasteiger partial charge in [0.25, 0.3) is 0 Å². The number of hydrogen-bond donors (Lipinski definition) is 3. The zero-order valence-corrected chi connectivity index (χ0v) is 14.2. The molecule has 22 heavy (non-hydrogen) atoms. The van der Waals surface area contributed by atoms with E-state index in [-0.39, 0.29) is 36.9 Å². The molecule has 0 bridgehead atoms. The minimum absolute atomic E-state index is 0. The summed E-state index contributed by atoms with van der Waals surface area (Å²) in [6.45, 7) is 1.99. The lowest BCUT2D eigenvalue weighted by Gasteiger charge is -2.31. The van der Waals surface area contributed by atoms with Crippen LogP contribution in [0.2, 0.25) is 0 Å². The first kappa shape index (κ1) is 19.0. The number of amides is 3. The number of piperidine rings is 1. The molecule has 0 aromatic carbocycles. The van der Waals surface area contributed by atoms with Crippen LogP contribution in [0.15, 0.2) is 0 Å². The van der Waals surface area contributed by atoms with E-state index in [9.17, 15) is 9.59 Å². The average Bonchev–Trinajstić information content (AvgIpc) is 2.53. The maximum absolute atomic E-state index is 12.1. The molecule has 0 aromatic heterocycles. The molecular weight excluding hydrogens is 304 g/mol. The van der Waals surface area contributed by atoms with Crippen LogP contribution in [0, 0.1) is 0 Å². The molecule has 0 atom stereocenters. The van der Waals surface area contributed by atoms with E-state index in [2.05, 4.69) is 16.0 Å². The van der Waals surface area contributed by atoms with Crippen LogP contribution in [-0.4, -0.2) is 55.6 Å². The summed E-state index contributed by atoms with van der Waals surface area (Å²) in [7, 11) is 1.83. The zero-order valence-electron chi connectivity index (χ0n) is 13.4. The van der Waals surface area contributed by atoms with Crippen molar-refractivity contribution in [1.29, 1.82) is 0 Å². The second-order valence-electron chi connectivity index (χ2n) is 6.15. The van der Waals surface area contributed by atoms with Crippen LogP contribution in [0.5, 0.6) is 0 Å². The lowest BCUT2D eigenvalue weighted by atomic mass is 9.96. The Bertz CT molecular complexity index is 355. The Labute approximate surface area is 139 Å². The SMILES string of the molecule is CN(C(=O)CNC(=O)NC1CCCCC1)C1CCNCC1.Cl. The number of carbonyl (C=O) groups excluding carboxylic acids is 2. The highest BCUT2D eigenvalue weighted by molar-refractivity contribution is 5.85. The van der Waals surface area contributed by atoms with E-state index < -0.39 is 0 Å². The highest BCUT2D eigenvalue weighted by Gasteiger charge is 2.22. The van der Waals surface area contributed by atoms with Crippen molar-refractivity contribution >= 4 is 24.3 Å². The first-order valence-corrected chi connectivity index (χ1v) is 8.17. The number of nitrogens with zero attached hydrogens (tertiary/aromatic N) is 1. The van der Waals surface area contributed by atoms with Gasteiger partial charge in [0.2, 0.25) is 5.91 Å². The summed E-state index contributed by atoms with van der Waals surface area (Å²) in [6, 6.07) is 0.354. The number of halogens is 1. The van der Waals surface area contributed by atoms with E-state index in [0.717, 1.165) is 38.8 Å². The standard InChI is InChI=1S/C15H28N4O2.ClH/c1-19(13-7-9-16-10-8-13)14(20)11-17-15(21)18-12-5-3-2-4-6-12;/h12-13,16H,2-11H2,1H3,(H2,17,18,21);1H. The number of likely N-dealkylation sites (N-methyl/N-ethyl adjacent to an activating group) is 1. The zero-order chi connectivity index (χ0) is 15.1. The molecule has 0 aromatic rings. The van der Waals surface area contributed by atoms with Crippen molar-refractivity contribution in [2.24, 2.45) is 0 Å². The van der Waals surface area contributed by atoms with E-state index in [4.69, 9.17) is 0 Å². The summed E-state index contributed by atoms with van der Waals surface area (Å²) in [5.41, 5.74) is 0. The molecular formula is C15H29ClN4O2. The fourth-order valence-electron chi connectivity index (χ4n) is 3.16. The van der Waals surface area contributed by atoms with Gasteiger partial charge in [-0.3, -0.25) is 4.79 Å². The predicted molar refractivity (Wildman–Crippen MR) is 89.3 cm³/mol. The van der Waals surface area contributed by atoms with Crippen molar-refractivity contribution < 1.29 is 9.59 Å². The van der Waals surface area contributed by atoms with Gasteiger partial charge in [-0.1, -0.05) is 19.3 Å². The number of hydrogen-bond acceptors (Lipinski definition) is 3. The Balaban J connectivity index is 0.00000242. The highest BCUT2D eigenvalue weighted by Crippen LogP contribution is 2.17. The molecule has 2 aliphatic rings. The maximum Gasteiger partial charge on any atom is 0.315 e. The van der Waals surface area contributed by atoms with Crippen molar-refractivity contribution in [1.82, 2.24) is 20.9 Å². The molecule has 2 fully saturated rings. The van der Waals surface area contributed by atoms with Gasteiger partial charge in [-0.2, -0.15) is 0 Å². The highest BCUT2D eigenvalue weighted by atomic mass is 35.5. The van der Waals surface area contributed by atoms with Gasteiger partial charge in [0.15, 0.2) is 0 Å². The fourth-order valence-corrected chi connectivity index (χ4v) is 3.16. The second kappa shape index (κ2) is 9.90. The van der Waals surface area contributed by atoms with E-state index in [0.29, 0.717) is 6.04 Å². The number of carbonyl (C=O) groups is 2. The third-order valence-corrected chi connectivity index (χ3v) is 4.59. The number of rotatable bonds is 4. The van der Waals surface area contributed by atoms with E-state index in [1.54, 1.807) is 4.90 Å². The summed E-state index contributed by atoms with van der Waals surface area (Å²) in [6.07, 6.45) is 7.70. The van der Waals surface area contributed by atoms with E-state index in [1.807, 2.05) is 7.05 Å². The summed E-state index contributed by atoms with van der Waals surface area (Å²) in [5.74, 6) is -0.0132. The Morgan fingerprint density at radius 2 is 1.73 bits per heavy atom. The second-order valence-corrected chi connectivity index (χ2v) is 6.15. The minimum atomic E-state index is -0.214. The van der Waals surface area contributed by atoms with Crippen molar-refractivity contribution in [2.45, 2.75) is 57.0 Å². The number of nitrogens with one attached hydrogen (secondary N) is 3. The minimum Gasteiger partial charge on any atom is -0.341 e. The van der Waals surface area contributed by atoms with Gasteiger partial charge < -0.3 is 20.9 Å². The van der Waals surface area contributed by atoms with Crippen molar-refractivity contribution in [3.8, 4) is 0 Å². The molecule has 0 radical (unpaired) electrons. The molecule has 1 heterocycles. The molecule has 1 saturated carbocycles. The smallest absolute Gasteiger partial charge is 0.315 e. The average molecular weight is 333 g/mol. The molecule has 0 unspecified atom stereocenters. The van der Waals surface area contributed by atoms with Crippen LogP contribution < -0.4 is 16.0 Å². The van der Waals surface area contributed by atoms with E-state index >= 15 is 0 Å². The first-order valence-electron chi connectivity index (χ1n) is 8.17. The molecule has 6 nitrogen and oxygen atoms in total. The fraction of sp³-hybridized carbons (Fsp3) is 0.867. The largest absolute Gasteiger partial charge is 0.341 e. The monoisotopic (exact) mass is 332 g/mol. The lowest BCUT2D eigenvalue weighted by molar-refractivity contribution is -0.131. The molecule has 2 rings (SSSR count). The van der Waals surface area contributed by atoms with Crippen molar-refractivity contribution in [3.05, 3.63) is 0 Å². The summed E-state index contributed by atoms with van der Waals surface area (Å²) >= 11 is 0. The predicted octanol–water partition coefficient (Wildman–Crippen LogP) is 1.25. The summed E-state index contributed by atoms with van der Waals surface area (Å²) in [5, 5.41) is 8.94. The lowest BCUT2D eigenvalue weighted by Crippen LogP contribution is -2.49. The molecule has 1 aliphatic heterocycles. The summed E-state index contributed by atoms with van der Waals surface area (Å²) in [4.78, 5) is 25.7. The van der Waals surface area contributed by atoms with Crippen molar-refractivity contribution in [2.75, 3.05) is 26.7 Å². The molecule has 7 heteroatoms. The van der Waals surface area contributed by atoms with Gasteiger partial charge in [-0.05, 0) is 38.8 Å². The van der Waals surface area contributed by atoms with Gasteiger partial charge in [0.05, 0.1) is 6.54 Å². The normalized spacial score (nSPS) is 19.9. The quantitative estimate of drug-likeness (QED) is 0.725. The van der Waals surface area contributed by atoms with Gasteiger partial charge in [0.1, 0.15) is 0 Å². The van der Waals surface area contributed by atoms with Crippen LogP contribution in [0.25, 0.3) is 0 Å². The van der Waals surface area contributed by atoms with Crippen LogP contribution in [-0.2, 0) is 4.79 Å². The van der Waals surface area contributed by atoms with Crippen molar-refractivity contribution in [3.63, 3.8) is 0 Å². The van der Waals surface area contributed by atoms with Gasteiger partial charge in [-0.25, -0.2) is 4.79 Å². The van der Waals surface area contributed by atoms with Gasteiger partial charge >= 0.3 is 6.03 Å². The maximum atomic E-state index is 12.1.